The highest BCUT2D eigenvalue weighted by Gasteiger charge is 2.10. The molecule has 0 fully saturated rings. The first-order chi connectivity index (χ1) is 7.85. The zero-order valence-corrected chi connectivity index (χ0v) is 10.3. The number of pyridine rings is 1. The van der Waals surface area contributed by atoms with Gasteiger partial charge in [-0.25, -0.2) is 0 Å². The molecule has 2 rings (SSSR count). The summed E-state index contributed by atoms with van der Waals surface area (Å²) in [7, 11) is 0. The topological polar surface area (TPSA) is 50.9 Å². The van der Waals surface area contributed by atoms with Gasteiger partial charge < -0.3 is 0 Å². The summed E-state index contributed by atoms with van der Waals surface area (Å²) in [6.45, 7) is 2.19. The van der Waals surface area contributed by atoms with Gasteiger partial charge >= 0.3 is 0 Å². The normalized spacial score (nSPS) is 13.1. The second kappa shape index (κ2) is 5.39. The standard InChI is InChI=1S/C12H17N3S/c1-2-3-4-10(15-13)9-7-12-11(14-8-9)5-6-16-12/h5-8,10,15H,2-4,13H2,1H3. The molecule has 3 N–H and O–H groups in total. The molecule has 0 amide bonds. The molecule has 0 aliphatic heterocycles. The van der Waals surface area contributed by atoms with Crippen LogP contribution in [0.2, 0.25) is 0 Å². The second-order valence-electron chi connectivity index (χ2n) is 3.93. The fraction of sp³-hybridized carbons (Fsp3) is 0.417. The largest absolute Gasteiger partial charge is 0.271 e. The maximum Gasteiger partial charge on any atom is 0.0809 e. The highest BCUT2D eigenvalue weighted by atomic mass is 32.1. The summed E-state index contributed by atoms with van der Waals surface area (Å²) in [6.07, 6.45) is 5.35. The molecule has 2 heterocycles. The predicted molar refractivity (Wildman–Crippen MR) is 69.2 cm³/mol. The third-order valence-corrected chi connectivity index (χ3v) is 3.63. The van der Waals surface area contributed by atoms with Crippen LogP contribution in [-0.2, 0) is 0 Å². The van der Waals surface area contributed by atoms with E-state index in [-0.39, 0.29) is 6.04 Å². The SMILES string of the molecule is CCCCC(NN)c1cnc2ccsc2c1. The van der Waals surface area contributed by atoms with E-state index in [0.29, 0.717) is 0 Å². The van der Waals surface area contributed by atoms with E-state index in [0.717, 1.165) is 11.9 Å². The van der Waals surface area contributed by atoms with Gasteiger partial charge in [0.1, 0.15) is 0 Å². The van der Waals surface area contributed by atoms with Gasteiger partial charge in [0.05, 0.1) is 10.2 Å². The van der Waals surface area contributed by atoms with Crippen molar-refractivity contribution in [2.45, 2.75) is 32.2 Å². The van der Waals surface area contributed by atoms with Crippen LogP contribution in [0.25, 0.3) is 10.2 Å². The maximum absolute atomic E-state index is 5.59. The lowest BCUT2D eigenvalue weighted by molar-refractivity contribution is 0.494. The molecular weight excluding hydrogens is 218 g/mol. The number of thiophene rings is 1. The number of nitrogens with two attached hydrogens (primary N) is 1. The van der Waals surface area contributed by atoms with Crippen LogP contribution in [0.4, 0.5) is 0 Å². The first-order valence-corrected chi connectivity index (χ1v) is 6.52. The average Bonchev–Trinajstić information content (AvgIpc) is 2.77. The fourth-order valence-electron chi connectivity index (χ4n) is 1.81. The summed E-state index contributed by atoms with van der Waals surface area (Å²) in [4.78, 5) is 4.43. The molecule has 0 aliphatic rings. The van der Waals surface area contributed by atoms with Crippen molar-refractivity contribution >= 4 is 21.6 Å². The number of hydrogen-bond donors (Lipinski definition) is 2. The minimum atomic E-state index is 0.221. The first-order valence-electron chi connectivity index (χ1n) is 5.64. The molecule has 3 nitrogen and oxygen atoms in total. The molecule has 0 saturated heterocycles. The minimum absolute atomic E-state index is 0.221. The van der Waals surface area contributed by atoms with Crippen molar-refractivity contribution in [3.8, 4) is 0 Å². The van der Waals surface area contributed by atoms with Crippen molar-refractivity contribution in [2.24, 2.45) is 5.84 Å². The summed E-state index contributed by atoms with van der Waals surface area (Å²) in [5.74, 6) is 5.59. The number of nitrogens with one attached hydrogen (secondary N) is 1. The van der Waals surface area contributed by atoms with Crippen LogP contribution in [0.3, 0.4) is 0 Å². The Morgan fingerprint density at radius 3 is 3.19 bits per heavy atom. The summed E-state index contributed by atoms with van der Waals surface area (Å²) in [6, 6.07) is 4.45. The maximum atomic E-state index is 5.59. The Bertz CT molecular complexity index is 452. The summed E-state index contributed by atoms with van der Waals surface area (Å²) < 4.78 is 1.23. The van der Waals surface area contributed by atoms with E-state index in [2.05, 4.69) is 28.8 Å². The van der Waals surface area contributed by atoms with Crippen LogP contribution in [-0.4, -0.2) is 4.98 Å². The Hall–Kier alpha value is -0.970. The minimum Gasteiger partial charge on any atom is -0.271 e. The Morgan fingerprint density at radius 2 is 2.44 bits per heavy atom. The number of unbranched alkanes of at least 4 members (excludes halogenated alkanes) is 1. The number of rotatable bonds is 5. The van der Waals surface area contributed by atoms with Crippen LogP contribution in [0.5, 0.6) is 0 Å². The van der Waals surface area contributed by atoms with E-state index in [4.69, 9.17) is 5.84 Å². The molecule has 0 aliphatic carbocycles. The van der Waals surface area contributed by atoms with E-state index in [9.17, 15) is 0 Å². The summed E-state index contributed by atoms with van der Waals surface area (Å²) in [5.41, 5.74) is 5.13. The Kier molecular flexibility index (Phi) is 3.88. The molecule has 1 atom stereocenters. The van der Waals surface area contributed by atoms with Crippen LogP contribution < -0.4 is 11.3 Å². The molecule has 0 aromatic carbocycles. The lowest BCUT2D eigenvalue weighted by atomic mass is 10.0. The van der Waals surface area contributed by atoms with E-state index in [1.54, 1.807) is 11.3 Å². The van der Waals surface area contributed by atoms with Crippen molar-refractivity contribution < 1.29 is 0 Å². The van der Waals surface area contributed by atoms with Gasteiger partial charge in [-0.2, -0.15) is 0 Å². The monoisotopic (exact) mass is 235 g/mol. The Balaban J connectivity index is 2.22. The molecule has 86 valence electrons. The van der Waals surface area contributed by atoms with Crippen LogP contribution in [0.1, 0.15) is 37.8 Å². The highest BCUT2D eigenvalue weighted by molar-refractivity contribution is 7.17. The van der Waals surface area contributed by atoms with Crippen molar-refractivity contribution in [3.63, 3.8) is 0 Å². The van der Waals surface area contributed by atoms with E-state index in [1.165, 1.54) is 23.1 Å². The van der Waals surface area contributed by atoms with Gasteiger partial charge in [0, 0.05) is 12.2 Å². The van der Waals surface area contributed by atoms with Gasteiger partial charge in [0.2, 0.25) is 0 Å². The van der Waals surface area contributed by atoms with Crippen LogP contribution >= 0.6 is 11.3 Å². The lowest BCUT2D eigenvalue weighted by Gasteiger charge is -2.15. The predicted octanol–water partition coefficient (Wildman–Crippen LogP) is 2.99. The number of fused-ring (bicyclic) bond motifs is 1. The molecule has 0 saturated carbocycles. The van der Waals surface area contributed by atoms with Gasteiger partial charge in [0.25, 0.3) is 0 Å². The molecule has 2 aromatic heterocycles. The number of nitrogens with zero attached hydrogens (tertiary/aromatic N) is 1. The third kappa shape index (κ3) is 2.40. The Labute approximate surface area is 99.7 Å². The zero-order valence-electron chi connectivity index (χ0n) is 9.44. The molecule has 1 unspecified atom stereocenters. The average molecular weight is 235 g/mol. The molecule has 2 aromatic rings. The number of aromatic nitrogens is 1. The Morgan fingerprint density at radius 1 is 1.56 bits per heavy atom. The van der Waals surface area contributed by atoms with E-state index >= 15 is 0 Å². The fourth-order valence-corrected chi connectivity index (χ4v) is 2.60. The third-order valence-electron chi connectivity index (χ3n) is 2.77. The lowest BCUT2D eigenvalue weighted by Crippen LogP contribution is -2.28. The van der Waals surface area contributed by atoms with Gasteiger partial charge in [-0.05, 0) is 29.5 Å². The molecular formula is C12H17N3S. The second-order valence-corrected chi connectivity index (χ2v) is 4.88. The van der Waals surface area contributed by atoms with Crippen LogP contribution in [0.15, 0.2) is 23.7 Å². The molecule has 4 heteroatoms. The van der Waals surface area contributed by atoms with Crippen LogP contribution in [0, 0.1) is 0 Å². The zero-order chi connectivity index (χ0) is 11.4. The quantitative estimate of drug-likeness (QED) is 0.618. The molecule has 0 radical (unpaired) electrons. The summed E-state index contributed by atoms with van der Waals surface area (Å²) >= 11 is 1.72. The first kappa shape index (κ1) is 11.5. The van der Waals surface area contributed by atoms with E-state index in [1.807, 2.05) is 12.3 Å². The number of hydrazine groups is 1. The van der Waals surface area contributed by atoms with E-state index < -0.39 is 0 Å². The molecule has 16 heavy (non-hydrogen) atoms. The molecule has 0 spiro atoms. The highest BCUT2D eigenvalue weighted by Crippen LogP contribution is 2.24. The number of hydrogen-bond acceptors (Lipinski definition) is 4. The van der Waals surface area contributed by atoms with Crippen molar-refractivity contribution in [2.75, 3.05) is 0 Å². The van der Waals surface area contributed by atoms with Crippen molar-refractivity contribution in [1.29, 1.82) is 0 Å². The van der Waals surface area contributed by atoms with Gasteiger partial charge in [-0.15, -0.1) is 11.3 Å². The molecule has 0 bridgehead atoms. The van der Waals surface area contributed by atoms with Gasteiger partial charge in [-0.1, -0.05) is 19.8 Å². The van der Waals surface area contributed by atoms with Crippen molar-refractivity contribution in [3.05, 3.63) is 29.3 Å². The van der Waals surface area contributed by atoms with Gasteiger partial charge in [0.15, 0.2) is 0 Å². The smallest absolute Gasteiger partial charge is 0.0809 e. The summed E-state index contributed by atoms with van der Waals surface area (Å²) in [5, 5.41) is 2.07. The van der Waals surface area contributed by atoms with Crippen molar-refractivity contribution in [1.82, 2.24) is 10.4 Å². The van der Waals surface area contributed by atoms with Gasteiger partial charge in [-0.3, -0.25) is 16.3 Å².